The molecule has 1 aromatic carbocycles. The van der Waals surface area contributed by atoms with Crippen molar-refractivity contribution in [3.8, 4) is 0 Å². The maximum atomic E-state index is 13.4. The number of nitrogens with one attached hydrogen (secondary N) is 1. The van der Waals surface area contributed by atoms with Crippen LogP contribution < -0.4 is 5.32 Å². The topological polar surface area (TPSA) is 66.4 Å². The van der Waals surface area contributed by atoms with Crippen LogP contribution >= 0.6 is 23.4 Å². The van der Waals surface area contributed by atoms with Crippen LogP contribution in [-0.2, 0) is 9.59 Å². The highest BCUT2D eigenvalue weighted by atomic mass is 35.5. The Bertz CT molecular complexity index is 484. The van der Waals surface area contributed by atoms with Crippen molar-refractivity contribution in [2.24, 2.45) is 0 Å². The molecular weight excluding hydrogens is 293 g/mol. The predicted octanol–water partition coefficient (Wildman–Crippen LogP) is 2.47. The molecule has 1 aromatic rings. The van der Waals surface area contributed by atoms with E-state index in [9.17, 15) is 14.0 Å². The number of hydrogen-bond donors (Lipinski definition) is 2. The lowest BCUT2D eigenvalue weighted by atomic mass is 10.0. The Labute approximate surface area is 119 Å². The van der Waals surface area contributed by atoms with E-state index in [1.54, 1.807) is 6.26 Å². The fourth-order valence-corrected chi connectivity index (χ4v) is 1.99. The molecule has 1 unspecified atom stereocenters. The smallest absolute Gasteiger partial charge is 0.305 e. The quantitative estimate of drug-likeness (QED) is 0.847. The van der Waals surface area contributed by atoms with Crippen molar-refractivity contribution >= 4 is 35.2 Å². The van der Waals surface area contributed by atoms with E-state index in [1.165, 1.54) is 23.9 Å². The van der Waals surface area contributed by atoms with E-state index in [0.29, 0.717) is 5.56 Å². The first-order chi connectivity index (χ1) is 8.93. The molecule has 1 atom stereocenters. The molecule has 7 heteroatoms. The van der Waals surface area contributed by atoms with E-state index < -0.39 is 17.8 Å². The highest BCUT2D eigenvalue weighted by Crippen LogP contribution is 2.22. The van der Waals surface area contributed by atoms with Crippen molar-refractivity contribution in [1.29, 1.82) is 0 Å². The molecule has 0 saturated heterocycles. The van der Waals surface area contributed by atoms with Crippen molar-refractivity contribution in [3.05, 3.63) is 34.6 Å². The largest absolute Gasteiger partial charge is 0.481 e. The Morgan fingerprint density at radius 1 is 1.53 bits per heavy atom. The number of aliphatic carboxylic acids is 1. The number of amides is 1. The molecule has 1 amide bonds. The first-order valence-corrected chi connectivity index (χ1v) is 7.16. The molecule has 2 N–H and O–H groups in total. The molecular formula is C12H13ClFNO3S. The second-order valence-corrected chi connectivity index (χ2v) is 5.10. The highest BCUT2D eigenvalue weighted by Gasteiger charge is 2.19. The molecule has 0 fully saturated rings. The van der Waals surface area contributed by atoms with Crippen molar-refractivity contribution in [2.75, 3.05) is 12.0 Å². The summed E-state index contributed by atoms with van der Waals surface area (Å²) in [5.74, 6) is -1.81. The van der Waals surface area contributed by atoms with Gasteiger partial charge in [-0.05, 0) is 24.0 Å². The normalized spacial score (nSPS) is 11.9. The second kappa shape index (κ2) is 7.35. The minimum atomic E-state index is -1.08. The maximum absolute atomic E-state index is 13.4. The van der Waals surface area contributed by atoms with Crippen LogP contribution in [0.5, 0.6) is 0 Å². The van der Waals surface area contributed by atoms with Gasteiger partial charge in [0.2, 0.25) is 5.91 Å². The van der Waals surface area contributed by atoms with Gasteiger partial charge in [-0.15, -0.1) is 0 Å². The van der Waals surface area contributed by atoms with Crippen LogP contribution in [0.2, 0.25) is 5.02 Å². The monoisotopic (exact) mass is 305 g/mol. The molecule has 0 saturated carbocycles. The molecule has 0 heterocycles. The Morgan fingerprint density at radius 2 is 2.21 bits per heavy atom. The SMILES string of the molecule is CSCC(=O)NC(CC(=O)O)c1ccc(Cl)c(F)c1. The van der Waals surface area contributed by atoms with Gasteiger partial charge in [0, 0.05) is 0 Å². The fraction of sp³-hybridized carbons (Fsp3) is 0.333. The van der Waals surface area contributed by atoms with Crippen molar-refractivity contribution in [1.82, 2.24) is 5.32 Å². The van der Waals surface area contributed by atoms with Crippen molar-refractivity contribution in [3.63, 3.8) is 0 Å². The number of rotatable bonds is 6. The van der Waals surface area contributed by atoms with Gasteiger partial charge >= 0.3 is 5.97 Å². The Balaban J connectivity index is 2.91. The fourth-order valence-electron chi connectivity index (χ4n) is 1.52. The van der Waals surface area contributed by atoms with Gasteiger partial charge in [0.25, 0.3) is 0 Å². The van der Waals surface area contributed by atoms with Crippen LogP contribution in [0, 0.1) is 5.82 Å². The summed E-state index contributed by atoms with van der Waals surface area (Å²) in [5.41, 5.74) is 0.374. The first kappa shape index (κ1) is 15.8. The van der Waals surface area contributed by atoms with E-state index in [2.05, 4.69) is 5.32 Å². The summed E-state index contributed by atoms with van der Waals surface area (Å²) in [7, 11) is 0. The zero-order valence-electron chi connectivity index (χ0n) is 10.2. The number of hydrogen-bond acceptors (Lipinski definition) is 3. The summed E-state index contributed by atoms with van der Waals surface area (Å²) < 4.78 is 13.4. The van der Waals surface area contributed by atoms with Gasteiger partial charge in [0.05, 0.1) is 23.2 Å². The van der Waals surface area contributed by atoms with Gasteiger partial charge in [-0.1, -0.05) is 17.7 Å². The third-order valence-corrected chi connectivity index (χ3v) is 3.19. The molecule has 19 heavy (non-hydrogen) atoms. The minimum Gasteiger partial charge on any atom is -0.481 e. The van der Waals surface area contributed by atoms with E-state index in [0.717, 1.165) is 6.07 Å². The molecule has 0 aliphatic heterocycles. The van der Waals surface area contributed by atoms with Crippen LogP contribution in [0.4, 0.5) is 4.39 Å². The van der Waals surface area contributed by atoms with E-state index in [1.807, 2.05) is 0 Å². The summed E-state index contributed by atoms with van der Waals surface area (Å²) in [6, 6.07) is 3.19. The summed E-state index contributed by atoms with van der Waals surface area (Å²) in [4.78, 5) is 22.3. The van der Waals surface area contributed by atoms with Crippen LogP contribution in [0.3, 0.4) is 0 Å². The molecule has 0 aromatic heterocycles. The summed E-state index contributed by atoms with van der Waals surface area (Å²) in [5, 5.41) is 11.3. The van der Waals surface area contributed by atoms with E-state index in [-0.39, 0.29) is 23.1 Å². The number of carboxylic acids is 1. The lowest BCUT2D eigenvalue weighted by molar-refractivity contribution is -0.137. The van der Waals surface area contributed by atoms with Gasteiger partial charge in [0.15, 0.2) is 0 Å². The Morgan fingerprint density at radius 3 is 2.74 bits per heavy atom. The highest BCUT2D eigenvalue weighted by molar-refractivity contribution is 7.99. The van der Waals surface area contributed by atoms with Gasteiger partial charge in [-0.3, -0.25) is 9.59 Å². The molecule has 4 nitrogen and oxygen atoms in total. The van der Waals surface area contributed by atoms with Crippen LogP contribution in [0.15, 0.2) is 18.2 Å². The lowest BCUT2D eigenvalue weighted by Gasteiger charge is -2.17. The molecule has 104 valence electrons. The zero-order chi connectivity index (χ0) is 14.4. The predicted molar refractivity (Wildman–Crippen MR) is 72.9 cm³/mol. The summed E-state index contributed by atoms with van der Waals surface area (Å²) in [6.07, 6.45) is 1.44. The standard InChI is InChI=1S/C12H13ClFNO3S/c1-19-6-11(16)15-10(5-12(17)18)7-2-3-8(13)9(14)4-7/h2-4,10H,5-6H2,1H3,(H,15,16)(H,17,18). The number of benzene rings is 1. The second-order valence-electron chi connectivity index (χ2n) is 3.82. The molecule has 0 bridgehead atoms. The van der Waals surface area contributed by atoms with Crippen molar-refractivity contribution < 1.29 is 19.1 Å². The Hall–Kier alpha value is -1.27. The number of carbonyl (C=O) groups excluding carboxylic acids is 1. The van der Waals surface area contributed by atoms with E-state index in [4.69, 9.17) is 16.7 Å². The third-order valence-electron chi connectivity index (χ3n) is 2.34. The molecule has 0 radical (unpaired) electrons. The van der Waals surface area contributed by atoms with Crippen molar-refractivity contribution in [2.45, 2.75) is 12.5 Å². The Kier molecular flexibility index (Phi) is 6.11. The van der Waals surface area contributed by atoms with Gasteiger partial charge < -0.3 is 10.4 Å². The minimum absolute atomic E-state index is 0.0479. The molecule has 0 aliphatic carbocycles. The van der Waals surface area contributed by atoms with Gasteiger partial charge in [-0.25, -0.2) is 4.39 Å². The summed E-state index contributed by atoms with van der Waals surface area (Å²) in [6.45, 7) is 0. The van der Waals surface area contributed by atoms with Crippen LogP contribution in [-0.4, -0.2) is 29.0 Å². The zero-order valence-corrected chi connectivity index (χ0v) is 11.7. The van der Waals surface area contributed by atoms with Crippen LogP contribution in [0.25, 0.3) is 0 Å². The van der Waals surface area contributed by atoms with Crippen LogP contribution in [0.1, 0.15) is 18.0 Å². The number of carbonyl (C=O) groups is 2. The average Bonchev–Trinajstić information content (AvgIpc) is 2.31. The van der Waals surface area contributed by atoms with E-state index >= 15 is 0 Å². The molecule has 0 spiro atoms. The number of halogens is 2. The van der Waals surface area contributed by atoms with Gasteiger partial charge in [-0.2, -0.15) is 11.8 Å². The number of carboxylic acid groups (broad SMARTS) is 1. The maximum Gasteiger partial charge on any atom is 0.305 e. The molecule has 1 rings (SSSR count). The average molecular weight is 306 g/mol. The lowest BCUT2D eigenvalue weighted by Crippen LogP contribution is -2.31. The molecule has 0 aliphatic rings. The van der Waals surface area contributed by atoms with Gasteiger partial charge in [0.1, 0.15) is 5.82 Å². The third kappa shape index (κ3) is 5.08. The first-order valence-electron chi connectivity index (χ1n) is 5.39. The summed E-state index contributed by atoms with van der Waals surface area (Å²) >= 11 is 6.88. The number of thioether (sulfide) groups is 1.